The van der Waals surface area contributed by atoms with Crippen molar-refractivity contribution in [2.75, 3.05) is 26.9 Å². The molecule has 0 radical (unpaired) electrons. The number of alkyl halides is 3. The van der Waals surface area contributed by atoms with Crippen molar-refractivity contribution in [2.24, 2.45) is 5.92 Å². The van der Waals surface area contributed by atoms with Crippen LogP contribution in [0.4, 0.5) is 13.2 Å². The van der Waals surface area contributed by atoms with E-state index in [9.17, 15) is 21.6 Å². The first-order valence-corrected chi connectivity index (χ1v) is 25.8. The highest BCUT2D eigenvalue weighted by atomic mass is 32.2. The van der Waals surface area contributed by atoms with Gasteiger partial charge in [-0.2, -0.15) is 21.6 Å². The molecule has 0 saturated carbocycles. The Hall–Kier alpha value is -5.38. The molecule has 6 aromatic carbocycles. The molecule has 0 spiro atoms. The number of hydrogen-bond acceptors (Lipinski definition) is 13. The van der Waals surface area contributed by atoms with Crippen molar-refractivity contribution in [3.63, 3.8) is 0 Å². The molecule has 2 heterocycles. The molecule has 2 aliphatic rings. The standard InChI is InChI=1S/C57H61F3O13S/c1-63-55-54(69-37-46-30-18-7-19-31-46)52(67-35-44-26-14-5-15-27-44)51(49(72-55)40-65-33-42-22-10-3-11-23-42)73-56-53(68-36-45-28-16-6-17-29-45)50(66-34-43-24-12-4-13-25-43)47(38-70-74(61,62)57(58,59)60)48(71-56)39-64-32-41-20-8-2-9-21-41/h2-31,47-56H,32-40H2,1H3/t47-,48-,49-,50+,51-,52+,53-,54-,55+,56+/m1/s1. The van der Waals surface area contributed by atoms with E-state index in [1.807, 2.05) is 182 Å². The molecule has 6 aromatic rings. The van der Waals surface area contributed by atoms with Crippen LogP contribution in [0.2, 0.25) is 0 Å². The van der Waals surface area contributed by atoms with Crippen LogP contribution in [-0.4, -0.2) is 96.2 Å². The molecule has 74 heavy (non-hydrogen) atoms. The molecule has 13 nitrogen and oxygen atoms in total. The number of halogens is 3. The van der Waals surface area contributed by atoms with Gasteiger partial charge in [0.1, 0.15) is 30.5 Å². The van der Waals surface area contributed by atoms with Crippen LogP contribution < -0.4 is 0 Å². The van der Waals surface area contributed by atoms with Crippen LogP contribution >= 0.6 is 0 Å². The molecule has 394 valence electrons. The van der Waals surface area contributed by atoms with E-state index in [0.29, 0.717) is 5.56 Å². The Balaban J connectivity index is 1.21. The van der Waals surface area contributed by atoms with Gasteiger partial charge in [-0.15, -0.1) is 0 Å². The van der Waals surface area contributed by atoms with E-state index in [-0.39, 0.29) is 52.9 Å². The largest absolute Gasteiger partial charge is 0.523 e. The summed E-state index contributed by atoms with van der Waals surface area (Å²) in [5.74, 6) is -1.26. The van der Waals surface area contributed by atoms with Gasteiger partial charge in [-0.05, 0) is 33.4 Å². The number of rotatable bonds is 26. The summed E-state index contributed by atoms with van der Waals surface area (Å²) in [6, 6.07) is 56.3. The van der Waals surface area contributed by atoms with Crippen molar-refractivity contribution in [3.05, 3.63) is 215 Å². The van der Waals surface area contributed by atoms with Gasteiger partial charge in [0.2, 0.25) is 0 Å². The first-order chi connectivity index (χ1) is 36.0. The summed E-state index contributed by atoms with van der Waals surface area (Å²) in [5.41, 5.74) is -0.829. The molecule has 2 fully saturated rings. The van der Waals surface area contributed by atoms with Gasteiger partial charge in [0.25, 0.3) is 0 Å². The minimum Gasteiger partial charge on any atom is -0.374 e. The van der Waals surface area contributed by atoms with Crippen LogP contribution in [0, 0.1) is 5.92 Å². The summed E-state index contributed by atoms with van der Waals surface area (Å²) in [5, 5.41) is 0. The fraction of sp³-hybridized carbons (Fsp3) is 0.368. The van der Waals surface area contributed by atoms with Crippen LogP contribution in [0.1, 0.15) is 33.4 Å². The third-order valence-corrected chi connectivity index (χ3v) is 13.6. The smallest absolute Gasteiger partial charge is 0.374 e. The van der Waals surface area contributed by atoms with E-state index in [4.69, 9.17) is 51.6 Å². The average molecular weight is 1040 g/mol. The topological polar surface area (TPSA) is 136 Å². The summed E-state index contributed by atoms with van der Waals surface area (Å²) in [6.45, 7) is -0.892. The molecule has 2 saturated heterocycles. The SMILES string of the molecule is CO[C@H]1O[C@H](COCc2ccccc2)[C@@H](O[C@@H]2O[C@H](COCc3ccccc3)[C@@H](COS(=O)(=O)C(F)(F)F)[C@H](OCc3ccccc3)[C@H]2OCc2ccccc2)[C@H](OCc2ccccc2)[C@H]1OCc1ccccc1. The third kappa shape index (κ3) is 15.6. The van der Waals surface area contributed by atoms with E-state index in [2.05, 4.69) is 0 Å². The molecule has 17 heteroatoms. The Morgan fingerprint density at radius 1 is 0.419 bits per heavy atom. The second-order valence-corrected chi connectivity index (χ2v) is 19.4. The number of ether oxygens (including phenoxy) is 10. The highest BCUT2D eigenvalue weighted by Gasteiger charge is 2.55. The van der Waals surface area contributed by atoms with Crippen LogP contribution in [0.3, 0.4) is 0 Å². The maximum absolute atomic E-state index is 14.0. The van der Waals surface area contributed by atoms with E-state index >= 15 is 0 Å². The number of methoxy groups -OCH3 is 1. The molecular weight excluding hydrogens is 982 g/mol. The molecule has 0 aliphatic carbocycles. The Kier molecular flexibility index (Phi) is 20.3. The Morgan fingerprint density at radius 3 is 1.15 bits per heavy atom. The quantitative estimate of drug-likeness (QED) is 0.0377. The number of benzene rings is 6. The molecule has 8 rings (SSSR count). The van der Waals surface area contributed by atoms with E-state index < -0.39 is 83.5 Å². The predicted octanol–water partition coefficient (Wildman–Crippen LogP) is 9.73. The van der Waals surface area contributed by atoms with Gasteiger partial charge in [0.05, 0.1) is 71.7 Å². The Morgan fingerprint density at radius 2 is 0.757 bits per heavy atom. The first-order valence-electron chi connectivity index (χ1n) is 24.3. The lowest BCUT2D eigenvalue weighted by molar-refractivity contribution is -0.371. The lowest BCUT2D eigenvalue weighted by Crippen LogP contribution is -2.65. The maximum Gasteiger partial charge on any atom is 0.523 e. The fourth-order valence-electron chi connectivity index (χ4n) is 8.75. The molecular formula is C57H61F3O13S. The molecule has 2 aliphatic heterocycles. The van der Waals surface area contributed by atoms with Crippen molar-refractivity contribution >= 4 is 10.1 Å². The van der Waals surface area contributed by atoms with Gasteiger partial charge in [-0.1, -0.05) is 182 Å². The van der Waals surface area contributed by atoms with Crippen molar-refractivity contribution in [3.8, 4) is 0 Å². The second kappa shape index (κ2) is 27.4. The lowest BCUT2D eigenvalue weighted by atomic mass is 9.89. The third-order valence-electron chi connectivity index (χ3n) is 12.5. The fourth-order valence-corrected chi connectivity index (χ4v) is 9.22. The maximum atomic E-state index is 14.0. The van der Waals surface area contributed by atoms with E-state index in [0.717, 1.165) is 27.8 Å². The highest BCUT2D eigenvalue weighted by molar-refractivity contribution is 7.87. The van der Waals surface area contributed by atoms with Gasteiger partial charge in [0, 0.05) is 13.0 Å². The van der Waals surface area contributed by atoms with Crippen molar-refractivity contribution < 1.29 is 73.1 Å². The van der Waals surface area contributed by atoms with Crippen molar-refractivity contribution in [2.45, 2.75) is 100 Å². The summed E-state index contributed by atoms with van der Waals surface area (Å²) < 4.78 is 139. The minimum absolute atomic E-state index is 0.0401. The number of hydrogen-bond donors (Lipinski definition) is 0. The van der Waals surface area contributed by atoms with Crippen LogP contribution in [0.5, 0.6) is 0 Å². The molecule has 0 bridgehead atoms. The molecule has 0 amide bonds. The van der Waals surface area contributed by atoms with Crippen molar-refractivity contribution in [1.29, 1.82) is 0 Å². The normalized spacial score (nSPS) is 24.4. The van der Waals surface area contributed by atoms with Crippen molar-refractivity contribution in [1.82, 2.24) is 0 Å². The molecule has 10 atom stereocenters. The average Bonchev–Trinajstić information content (AvgIpc) is 3.43. The summed E-state index contributed by atoms with van der Waals surface area (Å²) in [4.78, 5) is 0. The minimum atomic E-state index is -6.09. The summed E-state index contributed by atoms with van der Waals surface area (Å²) in [7, 11) is -4.58. The first kappa shape index (κ1) is 54.9. The second-order valence-electron chi connectivity index (χ2n) is 17.8. The van der Waals surface area contributed by atoms with Gasteiger partial charge >= 0.3 is 15.6 Å². The zero-order chi connectivity index (χ0) is 51.6. The Labute approximate surface area is 430 Å². The molecule has 0 aromatic heterocycles. The van der Waals surface area contributed by atoms with Gasteiger partial charge in [-0.3, -0.25) is 4.18 Å². The van der Waals surface area contributed by atoms with Gasteiger partial charge in [0.15, 0.2) is 12.6 Å². The van der Waals surface area contributed by atoms with Crippen LogP contribution in [0.25, 0.3) is 0 Å². The zero-order valence-electron chi connectivity index (χ0n) is 40.8. The van der Waals surface area contributed by atoms with Gasteiger partial charge in [-0.25, -0.2) is 0 Å². The van der Waals surface area contributed by atoms with E-state index in [1.165, 1.54) is 7.11 Å². The predicted molar refractivity (Wildman–Crippen MR) is 266 cm³/mol. The van der Waals surface area contributed by atoms with Crippen LogP contribution in [0.15, 0.2) is 182 Å². The monoisotopic (exact) mass is 1040 g/mol. The zero-order valence-corrected chi connectivity index (χ0v) is 41.6. The van der Waals surface area contributed by atoms with Crippen LogP contribution in [-0.2, 0) is 101 Å². The summed E-state index contributed by atoms with van der Waals surface area (Å²) in [6.07, 6.45) is -10.1. The highest BCUT2D eigenvalue weighted by Crippen LogP contribution is 2.39. The summed E-state index contributed by atoms with van der Waals surface area (Å²) >= 11 is 0. The van der Waals surface area contributed by atoms with E-state index in [1.54, 1.807) is 0 Å². The lowest BCUT2D eigenvalue weighted by Gasteiger charge is -2.50. The molecule has 0 unspecified atom stereocenters. The van der Waals surface area contributed by atoms with Gasteiger partial charge < -0.3 is 47.4 Å². The Bertz CT molecular complexity index is 2630. The molecule has 0 N–H and O–H groups in total.